The van der Waals surface area contributed by atoms with Gasteiger partial charge in [0.2, 0.25) is 0 Å². The van der Waals surface area contributed by atoms with Crippen LogP contribution in [-0.2, 0) is 0 Å². The Morgan fingerprint density at radius 1 is 1.21 bits per heavy atom. The maximum absolute atomic E-state index is 11.9. The Morgan fingerprint density at radius 2 is 1.95 bits per heavy atom. The van der Waals surface area contributed by atoms with Gasteiger partial charge in [-0.3, -0.25) is 4.79 Å². The van der Waals surface area contributed by atoms with Crippen LogP contribution in [0.15, 0.2) is 18.2 Å². The fourth-order valence-corrected chi connectivity index (χ4v) is 1.82. The zero-order valence-electron chi connectivity index (χ0n) is 11.4. The lowest BCUT2D eigenvalue weighted by atomic mass is 10.2. The van der Waals surface area contributed by atoms with E-state index < -0.39 is 0 Å². The molecule has 0 unspecified atom stereocenters. The highest BCUT2D eigenvalue weighted by Crippen LogP contribution is 2.27. The van der Waals surface area contributed by atoms with Crippen molar-refractivity contribution in [2.45, 2.75) is 18.9 Å². The Bertz CT molecular complexity index is 444. The second-order valence-corrected chi connectivity index (χ2v) is 4.55. The van der Waals surface area contributed by atoms with Crippen molar-refractivity contribution >= 4 is 5.91 Å². The van der Waals surface area contributed by atoms with E-state index in [1.807, 2.05) is 0 Å². The molecule has 0 saturated heterocycles. The number of benzene rings is 1. The fourth-order valence-electron chi connectivity index (χ4n) is 1.82. The summed E-state index contributed by atoms with van der Waals surface area (Å²) < 4.78 is 10.3. The van der Waals surface area contributed by atoms with Crippen LogP contribution in [0.5, 0.6) is 11.5 Å². The SMILES string of the molecule is COc1ccc(C(=O)NCCNC2CC2)cc1OC. The highest BCUT2D eigenvalue weighted by Gasteiger charge is 2.19. The molecule has 19 heavy (non-hydrogen) atoms. The number of nitrogens with one attached hydrogen (secondary N) is 2. The molecule has 104 valence electrons. The smallest absolute Gasteiger partial charge is 0.251 e. The summed E-state index contributed by atoms with van der Waals surface area (Å²) in [5, 5.41) is 6.22. The van der Waals surface area contributed by atoms with Gasteiger partial charge in [-0.1, -0.05) is 0 Å². The number of hydrogen-bond donors (Lipinski definition) is 2. The third-order valence-electron chi connectivity index (χ3n) is 3.07. The molecule has 1 aliphatic rings. The summed E-state index contributed by atoms with van der Waals surface area (Å²) in [5.74, 6) is 1.08. The van der Waals surface area contributed by atoms with Crippen LogP contribution in [0.2, 0.25) is 0 Å². The van der Waals surface area contributed by atoms with E-state index in [2.05, 4.69) is 10.6 Å². The molecule has 2 rings (SSSR count). The van der Waals surface area contributed by atoms with Gasteiger partial charge < -0.3 is 20.1 Å². The Kier molecular flexibility index (Phi) is 4.63. The first-order chi connectivity index (χ1) is 9.24. The Morgan fingerprint density at radius 3 is 2.58 bits per heavy atom. The van der Waals surface area contributed by atoms with E-state index in [-0.39, 0.29) is 5.91 Å². The van der Waals surface area contributed by atoms with Crippen LogP contribution in [0.3, 0.4) is 0 Å². The van der Waals surface area contributed by atoms with Crippen LogP contribution in [0, 0.1) is 0 Å². The van der Waals surface area contributed by atoms with E-state index in [0.717, 1.165) is 6.54 Å². The Labute approximate surface area is 113 Å². The van der Waals surface area contributed by atoms with Gasteiger partial charge in [0, 0.05) is 24.7 Å². The summed E-state index contributed by atoms with van der Waals surface area (Å²) in [6.45, 7) is 1.44. The van der Waals surface area contributed by atoms with Crippen LogP contribution >= 0.6 is 0 Å². The van der Waals surface area contributed by atoms with Crippen molar-refractivity contribution in [3.05, 3.63) is 23.8 Å². The summed E-state index contributed by atoms with van der Waals surface area (Å²) >= 11 is 0. The second-order valence-electron chi connectivity index (χ2n) is 4.55. The molecular formula is C14H20N2O3. The molecule has 1 aromatic rings. The van der Waals surface area contributed by atoms with Gasteiger partial charge in [0.15, 0.2) is 11.5 Å². The summed E-state index contributed by atoms with van der Waals surface area (Å²) in [7, 11) is 3.13. The van der Waals surface area contributed by atoms with Crippen molar-refractivity contribution in [3.63, 3.8) is 0 Å². The molecule has 0 heterocycles. The summed E-state index contributed by atoms with van der Waals surface area (Å²) in [5.41, 5.74) is 0.573. The van der Waals surface area contributed by atoms with Crippen molar-refractivity contribution in [2.75, 3.05) is 27.3 Å². The minimum absolute atomic E-state index is 0.0986. The van der Waals surface area contributed by atoms with Crippen LogP contribution in [0.4, 0.5) is 0 Å². The molecule has 0 aromatic heterocycles. The molecular weight excluding hydrogens is 244 g/mol. The van der Waals surface area contributed by atoms with Crippen LogP contribution in [0.1, 0.15) is 23.2 Å². The molecule has 2 N–H and O–H groups in total. The van der Waals surface area contributed by atoms with E-state index >= 15 is 0 Å². The average molecular weight is 264 g/mol. The van der Waals surface area contributed by atoms with Crippen molar-refractivity contribution < 1.29 is 14.3 Å². The minimum atomic E-state index is -0.0986. The molecule has 0 radical (unpaired) electrons. The predicted molar refractivity (Wildman–Crippen MR) is 72.9 cm³/mol. The largest absolute Gasteiger partial charge is 0.493 e. The molecule has 1 fully saturated rings. The van der Waals surface area contributed by atoms with E-state index in [4.69, 9.17) is 9.47 Å². The Balaban J connectivity index is 1.86. The third-order valence-corrected chi connectivity index (χ3v) is 3.07. The molecule has 0 bridgehead atoms. The molecule has 5 nitrogen and oxygen atoms in total. The van der Waals surface area contributed by atoms with Crippen molar-refractivity contribution in [1.82, 2.24) is 10.6 Å². The molecule has 1 aromatic carbocycles. The zero-order chi connectivity index (χ0) is 13.7. The molecule has 0 spiro atoms. The molecule has 0 aliphatic heterocycles. The topological polar surface area (TPSA) is 59.6 Å². The van der Waals surface area contributed by atoms with Gasteiger partial charge >= 0.3 is 0 Å². The highest BCUT2D eigenvalue weighted by atomic mass is 16.5. The summed E-state index contributed by atoms with van der Waals surface area (Å²) in [4.78, 5) is 11.9. The zero-order valence-corrected chi connectivity index (χ0v) is 11.4. The lowest BCUT2D eigenvalue weighted by molar-refractivity contribution is 0.0953. The first-order valence-corrected chi connectivity index (χ1v) is 6.48. The maximum Gasteiger partial charge on any atom is 0.251 e. The number of rotatable bonds is 7. The van der Waals surface area contributed by atoms with E-state index in [9.17, 15) is 4.79 Å². The molecule has 0 atom stereocenters. The number of methoxy groups -OCH3 is 2. The average Bonchev–Trinajstić information content (AvgIpc) is 3.26. The van der Waals surface area contributed by atoms with E-state index in [0.29, 0.717) is 29.6 Å². The first-order valence-electron chi connectivity index (χ1n) is 6.48. The van der Waals surface area contributed by atoms with Gasteiger partial charge in [-0.15, -0.1) is 0 Å². The minimum Gasteiger partial charge on any atom is -0.493 e. The van der Waals surface area contributed by atoms with Crippen LogP contribution < -0.4 is 20.1 Å². The standard InChI is InChI=1S/C14H20N2O3/c1-18-12-6-3-10(9-13(12)19-2)14(17)16-8-7-15-11-4-5-11/h3,6,9,11,15H,4-5,7-8H2,1-2H3,(H,16,17). The number of carbonyl (C=O) groups is 1. The molecule has 1 saturated carbocycles. The molecule has 5 heteroatoms. The van der Waals surface area contributed by atoms with Crippen LogP contribution in [0.25, 0.3) is 0 Å². The van der Waals surface area contributed by atoms with Gasteiger partial charge in [0.25, 0.3) is 5.91 Å². The fraction of sp³-hybridized carbons (Fsp3) is 0.500. The van der Waals surface area contributed by atoms with Crippen LogP contribution in [-0.4, -0.2) is 39.3 Å². The molecule has 1 amide bonds. The van der Waals surface area contributed by atoms with Gasteiger partial charge in [-0.2, -0.15) is 0 Å². The Hall–Kier alpha value is -1.75. The molecule has 1 aliphatic carbocycles. The summed E-state index contributed by atoms with van der Waals surface area (Å²) in [6, 6.07) is 5.81. The van der Waals surface area contributed by atoms with Crippen molar-refractivity contribution in [1.29, 1.82) is 0 Å². The maximum atomic E-state index is 11.9. The van der Waals surface area contributed by atoms with E-state index in [1.54, 1.807) is 32.4 Å². The normalized spacial score (nSPS) is 14.0. The third kappa shape index (κ3) is 3.86. The number of carbonyl (C=O) groups excluding carboxylic acids is 1. The van der Waals surface area contributed by atoms with Gasteiger partial charge in [0.1, 0.15) is 0 Å². The highest BCUT2D eigenvalue weighted by molar-refractivity contribution is 5.94. The number of hydrogen-bond acceptors (Lipinski definition) is 4. The lowest BCUT2D eigenvalue weighted by Crippen LogP contribution is -2.32. The van der Waals surface area contributed by atoms with Gasteiger partial charge in [-0.05, 0) is 31.0 Å². The quantitative estimate of drug-likeness (QED) is 0.726. The summed E-state index contributed by atoms with van der Waals surface area (Å²) in [6.07, 6.45) is 2.51. The predicted octanol–water partition coefficient (Wildman–Crippen LogP) is 1.19. The number of ether oxygens (including phenoxy) is 2. The van der Waals surface area contributed by atoms with E-state index in [1.165, 1.54) is 12.8 Å². The first kappa shape index (κ1) is 13.7. The van der Waals surface area contributed by atoms with Crippen molar-refractivity contribution in [3.8, 4) is 11.5 Å². The second kappa shape index (κ2) is 6.43. The number of amides is 1. The monoisotopic (exact) mass is 264 g/mol. The lowest BCUT2D eigenvalue weighted by Gasteiger charge is -2.10. The van der Waals surface area contributed by atoms with Gasteiger partial charge in [0.05, 0.1) is 14.2 Å². The van der Waals surface area contributed by atoms with Crippen molar-refractivity contribution in [2.24, 2.45) is 0 Å². The van der Waals surface area contributed by atoms with Gasteiger partial charge in [-0.25, -0.2) is 0 Å².